The van der Waals surface area contributed by atoms with Gasteiger partial charge in [0, 0.05) is 17.1 Å². The van der Waals surface area contributed by atoms with E-state index in [2.05, 4.69) is 124 Å². The molecule has 0 aliphatic heterocycles. The summed E-state index contributed by atoms with van der Waals surface area (Å²) in [5.74, 6) is 0. The standard InChI is InChI=1S/C36H27N/c1-35(2,3)25-18-24-16-17-37-34-28-19-22-10-4-5-11-23(22)20-31(28)36(32(21-25)33(24)34)29-14-8-6-12-26(29)27-13-7-9-15-30(27)36/h4-21H,1-3H3. The van der Waals surface area contributed by atoms with Gasteiger partial charge in [-0.05, 0) is 78.7 Å². The Morgan fingerprint density at radius 1 is 0.541 bits per heavy atom. The summed E-state index contributed by atoms with van der Waals surface area (Å²) in [6.45, 7) is 6.95. The minimum atomic E-state index is -0.401. The topological polar surface area (TPSA) is 12.9 Å². The Labute approximate surface area is 217 Å². The van der Waals surface area contributed by atoms with Gasteiger partial charge in [-0.25, -0.2) is 0 Å². The molecule has 176 valence electrons. The predicted molar refractivity (Wildman–Crippen MR) is 154 cm³/mol. The summed E-state index contributed by atoms with van der Waals surface area (Å²) < 4.78 is 0. The summed E-state index contributed by atoms with van der Waals surface area (Å²) in [5.41, 5.74) is 11.4. The Kier molecular flexibility index (Phi) is 3.93. The zero-order chi connectivity index (χ0) is 24.9. The SMILES string of the molecule is CC(C)(C)c1cc2c3c(nccc3c1)-c1cc3ccccc3cc1C21c2ccccc2-c2ccccc21. The monoisotopic (exact) mass is 473 g/mol. The van der Waals surface area contributed by atoms with E-state index in [0.717, 1.165) is 5.69 Å². The maximum atomic E-state index is 5.04. The minimum absolute atomic E-state index is 0.0244. The first-order chi connectivity index (χ1) is 18.0. The predicted octanol–water partition coefficient (Wildman–Crippen LogP) is 9.03. The molecule has 0 amide bonds. The first-order valence-electron chi connectivity index (χ1n) is 13.1. The second-order valence-electron chi connectivity index (χ2n) is 11.6. The molecule has 0 saturated heterocycles. The molecule has 5 aromatic carbocycles. The molecule has 2 aliphatic carbocycles. The van der Waals surface area contributed by atoms with Crippen LogP contribution in [0, 0.1) is 0 Å². The summed E-state index contributed by atoms with van der Waals surface area (Å²) in [7, 11) is 0. The van der Waals surface area contributed by atoms with Gasteiger partial charge in [0.2, 0.25) is 0 Å². The van der Waals surface area contributed by atoms with Crippen molar-refractivity contribution in [2.24, 2.45) is 0 Å². The molecule has 37 heavy (non-hydrogen) atoms. The summed E-state index contributed by atoms with van der Waals surface area (Å²) in [4.78, 5) is 5.04. The van der Waals surface area contributed by atoms with E-state index in [1.165, 1.54) is 66.1 Å². The highest BCUT2D eigenvalue weighted by molar-refractivity contribution is 6.07. The minimum Gasteiger partial charge on any atom is -0.256 e. The molecule has 1 heteroatoms. The molecule has 0 unspecified atom stereocenters. The van der Waals surface area contributed by atoms with Crippen molar-refractivity contribution < 1.29 is 0 Å². The number of hydrogen-bond donors (Lipinski definition) is 0. The van der Waals surface area contributed by atoms with Gasteiger partial charge < -0.3 is 0 Å². The number of hydrogen-bond acceptors (Lipinski definition) is 1. The Balaban J connectivity index is 1.67. The fourth-order valence-electron chi connectivity index (χ4n) is 6.96. The third-order valence-electron chi connectivity index (χ3n) is 8.63. The molecule has 1 nitrogen and oxygen atoms in total. The summed E-state index contributed by atoms with van der Waals surface area (Å²) in [6, 6.07) is 38.7. The van der Waals surface area contributed by atoms with Crippen LogP contribution in [0.2, 0.25) is 0 Å². The molecule has 1 heterocycles. The number of fused-ring (bicyclic) bond motifs is 10. The third kappa shape index (κ3) is 2.57. The molecule has 6 aromatic rings. The van der Waals surface area contributed by atoms with Crippen LogP contribution in [0.3, 0.4) is 0 Å². The molecule has 0 fully saturated rings. The highest BCUT2D eigenvalue weighted by atomic mass is 14.7. The van der Waals surface area contributed by atoms with Gasteiger partial charge in [-0.3, -0.25) is 4.98 Å². The van der Waals surface area contributed by atoms with Crippen LogP contribution in [-0.4, -0.2) is 4.98 Å². The van der Waals surface area contributed by atoms with Gasteiger partial charge in [0.15, 0.2) is 0 Å². The Morgan fingerprint density at radius 3 is 1.84 bits per heavy atom. The lowest BCUT2D eigenvalue weighted by molar-refractivity contribution is 0.588. The highest BCUT2D eigenvalue weighted by Crippen LogP contribution is 2.62. The molecular formula is C36H27N. The summed E-state index contributed by atoms with van der Waals surface area (Å²) >= 11 is 0. The van der Waals surface area contributed by atoms with Gasteiger partial charge >= 0.3 is 0 Å². The van der Waals surface area contributed by atoms with E-state index in [-0.39, 0.29) is 5.41 Å². The van der Waals surface area contributed by atoms with E-state index in [4.69, 9.17) is 4.98 Å². The van der Waals surface area contributed by atoms with E-state index in [1.54, 1.807) is 0 Å². The average Bonchev–Trinajstić information content (AvgIpc) is 3.21. The van der Waals surface area contributed by atoms with Crippen LogP contribution >= 0.6 is 0 Å². The van der Waals surface area contributed by atoms with Gasteiger partial charge in [-0.15, -0.1) is 0 Å². The molecule has 1 spiro atoms. The van der Waals surface area contributed by atoms with Crippen LogP contribution in [0.25, 0.3) is 43.9 Å². The van der Waals surface area contributed by atoms with Gasteiger partial charge in [-0.2, -0.15) is 0 Å². The fourth-order valence-corrected chi connectivity index (χ4v) is 6.96. The lowest BCUT2D eigenvalue weighted by atomic mass is 9.61. The third-order valence-corrected chi connectivity index (χ3v) is 8.63. The number of pyridine rings is 1. The quantitative estimate of drug-likeness (QED) is 0.214. The first kappa shape index (κ1) is 20.9. The Hall–Kier alpha value is -4.23. The van der Waals surface area contributed by atoms with Gasteiger partial charge in [-0.1, -0.05) is 106 Å². The molecule has 2 aliphatic rings. The molecule has 0 N–H and O–H groups in total. The molecule has 0 saturated carbocycles. The van der Waals surface area contributed by atoms with Crippen LogP contribution in [-0.2, 0) is 10.8 Å². The molecule has 8 rings (SSSR count). The van der Waals surface area contributed by atoms with E-state index in [1.807, 2.05) is 6.20 Å². The zero-order valence-corrected chi connectivity index (χ0v) is 21.3. The maximum absolute atomic E-state index is 5.04. The van der Waals surface area contributed by atoms with Crippen LogP contribution in [0.4, 0.5) is 0 Å². The van der Waals surface area contributed by atoms with Crippen LogP contribution < -0.4 is 0 Å². The van der Waals surface area contributed by atoms with Crippen molar-refractivity contribution in [1.82, 2.24) is 4.98 Å². The normalized spacial score (nSPS) is 14.6. The molecular weight excluding hydrogens is 446 g/mol. The van der Waals surface area contributed by atoms with Gasteiger partial charge in [0.25, 0.3) is 0 Å². The molecule has 0 radical (unpaired) electrons. The second-order valence-corrected chi connectivity index (χ2v) is 11.6. The second kappa shape index (κ2) is 6.95. The van der Waals surface area contributed by atoms with E-state index in [0.29, 0.717) is 0 Å². The van der Waals surface area contributed by atoms with Crippen LogP contribution in [0.5, 0.6) is 0 Å². The van der Waals surface area contributed by atoms with E-state index in [9.17, 15) is 0 Å². The number of nitrogens with zero attached hydrogens (tertiary/aromatic N) is 1. The highest BCUT2D eigenvalue weighted by Gasteiger charge is 2.50. The lowest BCUT2D eigenvalue weighted by Gasteiger charge is -2.40. The maximum Gasteiger partial charge on any atom is 0.0787 e. The largest absolute Gasteiger partial charge is 0.256 e. The van der Waals surface area contributed by atoms with Crippen molar-refractivity contribution in [3.05, 3.63) is 137 Å². The first-order valence-corrected chi connectivity index (χ1v) is 13.1. The van der Waals surface area contributed by atoms with Crippen molar-refractivity contribution in [3.63, 3.8) is 0 Å². The molecule has 0 atom stereocenters. The molecule has 0 bridgehead atoms. The summed E-state index contributed by atoms with van der Waals surface area (Å²) in [5, 5.41) is 5.08. The van der Waals surface area contributed by atoms with E-state index >= 15 is 0 Å². The van der Waals surface area contributed by atoms with Crippen molar-refractivity contribution in [1.29, 1.82) is 0 Å². The summed E-state index contributed by atoms with van der Waals surface area (Å²) in [6.07, 6.45) is 1.99. The van der Waals surface area contributed by atoms with Crippen molar-refractivity contribution >= 4 is 21.5 Å². The number of rotatable bonds is 0. The van der Waals surface area contributed by atoms with E-state index < -0.39 is 5.41 Å². The molecule has 1 aromatic heterocycles. The fraction of sp³-hybridized carbons (Fsp3) is 0.139. The Morgan fingerprint density at radius 2 is 1.16 bits per heavy atom. The smallest absolute Gasteiger partial charge is 0.0787 e. The number of aromatic nitrogens is 1. The zero-order valence-electron chi connectivity index (χ0n) is 21.3. The number of benzene rings is 5. The lowest BCUT2D eigenvalue weighted by Crippen LogP contribution is -2.32. The van der Waals surface area contributed by atoms with Crippen molar-refractivity contribution in [3.8, 4) is 22.4 Å². The average molecular weight is 474 g/mol. The van der Waals surface area contributed by atoms with Crippen molar-refractivity contribution in [2.45, 2.75) is 31.6 Å². The van der Waals surface area contributed by atoms with Gasteiger partial charge in [0.05, 0.1) is 11.1 Å². The van der Waals surface area contributed by atoms with Gasteiger partial charge in [0.1, 0.15) is 0 Å². The van der Waals surface area contributed by atoms with Crippen molar-refractivity contribution in [2.75, 3.05) is 0 Å². The Bertz CT molecular complexity index is 1870. The van der Waals surface area contributed by atoms with Crippen LogP contribution in [0.1, 0.15) is 48.6 Å². The van der Waals surface area contributed by atoms with Crippen LogP contribution in [0.15, 0.2) is 109 Å².